The number of hydrogen-bond donors (Lipinski definition) is 0. The summed E-state index contributed by atoms with van der Waals surface area (Å²) in [5.74, 6) is -1.72. The summed E-state index contributed by atoms with van der Waals surface area (Å²) in [5, 5.41) is 0. The number of ether oxygens (including phenoxy) is 1. The lowest BCUT2D eigenvalue weighted by molar-refractivity contribution is -0.138. The van der Waals surface area contributed by atoms with Gasteiger partial charge in [-0.05, 0) is 12.1 Å². The predicted octanol–water partition coefficient (Wildman–Crippen LogP) is 2.10. The van der Waals surface area contributed by atoms with Crippen molar-refractivity contribution in [2.75, 3.05) is 0 Å². The van der Waals surface area contributed by atoms with Crippen LogP contribution in [0.4, 0.5) is 4.39 Å². The van der Waals surface area contributed by atoms with E-state index in [-0.39, 0.29) is 24.4 Å². The van der Waals surface area contributed by atoms with Crippen LogP contribution in [0.15, 0.2) is 24.3 Å². The molecule has 0 aromatic heterocycles. The highest BCUT2D eigenvalue weighted by Gasteiger charge is 2.11. The first kappa shape index (κ1) is 11.4. The van der Waals surface area contributed by atoms with Crippen LogP contribution in [-0.2, 0) is 9.59 Å². The Hall–Kier alpha value is -1.71. The molecule has 0 heterocycles. The highest BCUT2D eigenvalue weighted by atomic mass is 19.1. The van der Waals surface area contributed by atoms with Crippen LogP contribution in [0.2, 0.25) is 0 Å². The summed E-state index contributed by atoms with van der Waals surface area (Å²) in [5.41, 5.74) is 0. The fourth-order valence-corrected chi connectivity index (χ4v) is 0.972. The van der Waals surface area contributed by atoms with E-state index in [0.29, 0.717) is 0 Å². The Morgan fingerprint density at radius 2 is 2.00 bits per heavy atom. The summed E-state index contributed by atoms with van der Waals surface area (Å²) in [6, 6.07) is 5.56. The van der Waals surface area contributed by atoms with Gasteiger partial charge in [0.25, 0.3) is 0 Å². The largest absolute Gasteiger partial charge is 0.423 e. The Balaban J connectivity index is 2.59. The Morgan fingerprint density at radius 3 is 2.60 bits per heavy atom. The fourth-order valence-electron chi connectivity index (χ4n) is 0.972. The summed E-state index contributed by atoms with van der Waals surface area (Å²) < 4.78 is 17.7. The van der Waals surface area contributed by atoms with Gasteiger partial charge in [0.2, 0.25) is 0 Å². The number of ketones is 1. The van der Waals surface area contributed by atoms with E-state index < -0.39 is 11.8 Å². The molecule has 0 radical (unpaired) electrons. The normalized spacial score (nSPS) is 9.73. The molecule has 0 aliphatic rings. The Labute approximate surface area is 86.9 Å². The maximum atomic E-state index is 13.0. The second kappa shape index (κ2) is 5.24. The number of benzene rings is 1. The molecule has 0 aliphatic heterocycles. The molecule has 0 bridgehead atoms. The second-order valence-corrected chi connectivity index (χ2v) is 2.97. The van der Waals surface area contributed by atoms with Crippen LogP contribution < -0.4 is 4.74 Å². The third-order valence-electron chi connectivity index (χ3n) is 1.80. The SMILES string of the molecule is CCC(=O)CC(=O)Oc1ccccc1F. The number of halogens is 1. The lowest BCUT2D eigenvalue weighted by Crippen LogP contribution is -2.13. The van der Waals surface area contributed by atoms with Gasteiger partial charge in [0, 0.05) is 6.42 Å². The van der Waals surface area contributed by atoms with E-state index >= 15 is 0 Å². The fraction of sp³-hybridized carbons (Fsp3) is 0.273. The van der Waals surface area contributed by atoms with Crippen molar-refractivity contribution in [2.24, 2.45) is 0 Å². The van der Waals surface area contributed by atoms with E-state index in [1.54, 1.807) is 13.0 Å². The highest BCUT2D eigenvalue weighted by molar-refractivity contribution is 5.96. The van der Waals surface area contributed by atoms with Gasteiger partial charge in [0.1, 0.15) is 12.2 Å². The standard InChI is InChI=1S/C11H11FO3/c1-2-8(13)7-11(14)15-10-6-4-3-5-9(10)12/h3-6H,2,7H2,1H3. The monoisotopic (exact) mass is 210 g/mol. The molecule has 4 heteroatoms. The van der Waals surface area contributed by atoms with Crippen molar-refractivity contribution >= 4 is 11.8 Å². The summed E-state index contributed by atoms with van der Waals surface area (Å²) in [7, 11) is 0. The quantitative estimate of drug-likeness (QED) is 0.434. The van der Waals surface area contributed by atoms with Crippen molar-refractivity contribution in [2.45, 2.75) is 19.8 Å². The van der Waals surface area contributed by atoms with E-state index in [1.165, 1.54) is 18.2 Å². The van der Waals surface area contributed by atoms with Crippen molar-refractivity contribution < 1.29 is 18.7 Å². The van der Waals surface area contributed by atoms with Gasteiger partial charge in [0.05, 0.1) is 0 Å². The van der Waals surface area contributed by atoms with Gasteiger partial charge in [-0.2, -0.15) is 0 Å². The molecule has 15 heavy (non-hydrogen) atoms. The highest BCUT2D eigenvalue weighted by Crippen LogP contribution is 2.15. The molecule has 1 aromatic rings. The zero-order chi connectivity index (χ0) is 11.3. The van der Waals surface area contributed by atoms with E-state index in [1.807, 2.05) is 0 Å². The van der Waals surface area contributed by atoms with Crippen molar-refractivity contribution in [3.05, 3.63) is 30.1 Å². The first-order chi connectivity index (χ1) is 7.13. The molecule has 0 amide bonds. The average Bonchev–Trinajstić information content (AvgIpc) is 2.21. The molecule has 0 atom stereocenters. The number of hydrogen-bond acceptors (Lipinski definition) is 3. The Morgan fingerprint density at radius 1 is 1.33 bits per heavy atom. The number of esters is 1. The van der Waals surface area contributed by atoms with Crippen LogP contribution in [-0.4, -0.2) is 11.8 Å². The van der Waals surface area contributed by atoms with E-state index in [9.17, 15) is 14.0 Å². The first-order valence-corrected chi connectivity index (χ1v) is 4.60. The number of carbonyl (C=O) groups is 2. The minimum atomic E-state index is -0.730. The van der Waals surface area contributed by atoms with Gasteiger partial charge >= 0.3 is 5.97 Å². The lowest BCUT2D eigenvalue weighted by Gasteiger charge is -2.03. The van der Waals surface area contributed by atoms with E-state index in [0.717, 1.165) is 0 Å². The zero-order valence-electron chi connectivity index (χ0n) is 8.33. The van der Waals surface area contributed by atoms with Gasteiger partial charge in [-0.15, -0.1) is 0 Å². The Kier molecular flexibility index (Phi) is 3.97. The Bertz CT molecular complexity index is 374. The van der Waals surface area contributed by atoms with Gasteiger partial charge in [0.15, 0.2) is 11.6 Å². The van der Waals surface area contributed by atoms with Gasteiger partial charge in [-0.1, -0.05) is 19.1 Å². The van der Waals surface area contributed by atoms with Crippen molar-refractivity contribution in [1.29, 1.82) is 0 Å². The maximum Gasteiger partial charge on any atom is 0.318 e. The minimum Gasteiger partial charge on any atom is -0.423 e. The third kappa shape index (κ3) is 3.50. The van der Waals surface area contributed by atoms with Gasteiger partial charge < -0.3 is 4.74 Å². The molecule has 0 spiro atoms. The maximum absolute atomic E-state index is 13.0. The first-order valence-electron chi connectivity index (χ1n) is 4.60. The van der Waals surface area contributed by atoms with Gasteiger partial charge in [-0.3, -0.25) is 9.59 Å². The predicted molar refractivity (Wildman–Crippen MR) is 52.0 cm³/mol. The van der Waals surface area contributed by atoms with Crippen molar-refractivity contribution in [3.8, 4) is 5.75 Å². The van der Waals surface area contributed by atoms with Crippen molar-refractivity contribution in [1.82, 2.24) is 0 Å². The number of rotatable bonds is 4. The molecule has 0 fully saturated rings. The molecule has 3 nitrogen and oxygen atoms in total. The summed E-state index contributed by atoms with van der Waals surface area (Å²) in [6.45, 7) is 1.65. The molecular weight excluding hydrogens is 199 g/mol. The van der Waals surface area contributed by atoms with Crippen LogP contribution in [0.1, 0.15) is 19.8 Å². The molecule has 0 saturated carbocycles. The summed E-state index contributed by atoms with van der Waals surface area (Å²) in [6.07, 6.45) is -0.0444. The molecular formula is C11H11FO3. The van der Waals surface area contributed by atoms with Crippen LogP contribution in [0.25, 0.3) is 0 Å². The van der Waals surface area contributed by atoms with Crippen LogP contribution in [0, 0.1) is 5.82 Å². The zero-order valence-corrected chi connectivity index (χ0v) is 8.33. The average molecular weight is 210 g/mol. The van der Waals surface area contributed by atoms with Crippen LogP contribution in [0.3, 0.4) is 0 Å². The molecule has 80 valence electrons. The topological polar surface area (TPSA) is 43.4 Å². The smallest absolute Gasteiger partial charge is 0.318 e. The molecule has 0 aliphatic carbocycles. The second-order valence-electron chi connectivity index (χ2n) is 2.97. The summed E-state index contributed by atoms with van der Waals surface area (Å²) in [4.78, 5) is 22.0. The summed E-state index contributed by atoms with van der Waals surface area (Å²) >= 11 is 0. The molecule has 1 aromatic carbocycles. The molecule has 0 N–H and O–H groups in total. The molecule has 0 unspecified atom stereocenters. The minimum absolute atomic E-state index is 0.147. The number of carbonyl (C=O) groups excluding carboxylic acids is 2. The van der Waals surface area contributed by atoms with Gasteiger partial charge in [-0.25, -0.2) is 4.39 Å². The number of para-hydroxylation sites is 1. The van der Waals surface area contributed by atoms with Crippen LogP contribution >= 0.6 is 0 Å². The molecule has 1 rings (SSSR count). The van der Waals surface area contributed by atoms with Crippen molar-refractivity contribution in [3.63, 3.8) is 0 Å². The van der Waals surface area contributed by atoms with E-state index in [2.05, 4.69) is 4.74 Å². The number of Topliss-reactive ketones (excluding diaryl/α,β-unsaturated/α-hetero) is 1. The van der Waals surface area contributed by atoms with E-state index in [4.69, 9.17) is 0 Å². The molecule has 0 saturated heterocycles. The van der Waals surface area contributed by atoms with Crippen LogP contribution in [0.5, 0.6) is 5.75 Å². The lowest BCUT2D eigenvalue weighted by atomic mass is 10.2. The third-order valence-corrected chi connectivity index (χ3v) is 1.80.